The Morgan fingerprint density at radius 1 is 1.35 bits per heavy atom. The number of methoxy groups -OCH3 is 1. The lowest BCUT2D eigenvalue weighted by atomic mass is 10.1. The van der Waals surface area contributed by atoms with Crippen LogP contribution in [0.25, 0.3) is 0 Å². The zero-order valence-electron chi connectivity index (χ0n) is 11.9. The number of rotatable bonds is 3. The summed E-state index contributed by atoms with van der Waals surface area (Å²) in [5, 5.41) is 8.68. The highest BCUT2D eigenvalue weighted by Crippen LogP contribution is 2.22. The predicted octanol–water partition coefficient (Wildman–Crippen LogP) is 1.29. The lowest BCUT2D eigenvalue weighted by molar-refractivity contribution is 0.0648. The number of piperazine rings is 1. The van der Waals surface area contributed by atoms with E-state index in [4.69, 9.17) is 10.00 Å². The van der Waals surface area contributed by atoms with Gasteiger partial charge in [0.1, 0.15) is 5.75 Å². The second-order valence-corrected chi connectivity index (χ2v) is 4.93. The van der Waals surface area contributed by atoms with Gasteiger partial charge < -0.3 is 9.64 Å². The molecule has 0 N–H and O–H groups in total. The Morgan fingerprint density at radius 2 is 2.05 bits per heavy atom. The molecule has 0 atom stereocenters. The molecule has 1 aromatic carbocycles. The Hall–Kier alpha value is -2.06. The third kappa shape index (κ3) is 3.09. The molecule has 0 saturated carbocycles. The summed E-state index contributed by atoms with van der Waals surface area (Å²) in [6.45, 7) is 5.17. The van der Waals surface area contributed by atoms with Crippen molar-refractivity contribution in [2.45, 2.75) is 6.92 Å². The van der Waals surface area contributed by atoms with Crippen LogP contribution in [0, 0.1) is 18.3 Å². The molecule has 0 aromatic heterocycles. The van der Waals surface area contributed by atoms with Gasteiger partial charge in [-0.05, 0) is 19.1 Å². The van der Waals surface area contributed by atoms with E-state index >= 15 is 0 Å². The van der Waals surface area contributed by atoms with Crippen molar-refractivity contribution in [3.63, 3.8) is 0 Å². The smallest absolute Gasteiger partial charge is 0.257 e. The number of aryl methyl sites for hydroxylation is 1. The van der Waals surface area contributed by atoms with E-state index in [2.05, 4.69) is 11.0 Å². The van der Waals surface area contributed by atoms with Crippen LogP contribution in [0.5, 0.6) is 5.75 Å². The summed E-state index contributed by atoms with van der Waals surface area (Å²) >= 11 is 0. The van der Waals surface area contributed by atoms with Gasteiger partial charge in [0.05, 0.1) is 25.3 Å². The number of carbonyl (C=O) groups is 1. The summed E-state index contributed by atoms with van der Waals surface area (Å²) in [5.74, 6) is 0.613. The first kappa shape index (κ1) is 14.4. The fourth-order valence-corrected chi connectivity index (χ4v) is 2.37. The first-order chi connectivity index (χ1) is 9.65. The quantitative estimate of drug-likeness (QED) is 0.779. The van der Waals surface area contributed by atoms with Gasteiger partial charge in [0.15, 0.2) is 0 Å². The fraction of sp³-hybridized carbons (Fsp3) is 0.467. The third-order valence-electron chi connectivity index (χ3n) is 3.54. The van der Waals surface area contributed by atoms with Crippen LogP contribution in [0.4, 0.5) is 0 Å². The molecule has 1 amide bonds. The summed E-state index contributed by atoms with van der Waals surface area (Å²) in [6.07, 6.45) is 0. The van der Waals surface area contributed by atoms with Crippen LogP contribution in [-0.4, -0.2) is 55.5 Å². The number of hydrogen-bond donors (Lipinski definition) is 0. The van der Waals surface area contributed by atoms with Crippen LogP contribution >= 0.6 is 0 Å². The number of nitrogens with zero attached hydrogens (tertiary/aromatic N) is 3. The largest absolute Gasteiger partial charge is 0.496 e. The number of ether oxygens (including phenoxy) is 1. The maximum atomic E-state index is 12.6. The van der Waals surface area contributed by atoms with Crippen LogP contribution < -0.4 is 4.74 Å². The van der Waals surface area contributed by atoms with Gasteiger partial charge in [-0.2, -0.15) is 5.26 Å². The SMILES string of the molecule is COc1ccc(C)cc1C(=O)N1CCN(CC#N)CC1. The number of amides is 1. The fourth-order valence-electron chi connectivity index (χ4n) is 2.37. The van der Waals surface area contributed by atoms with Crippen LogP contribution in [0.1, 0.15) is 15.9 Å². The molecule has 0 aliphatic carbocycles. The standard InChI is InChI=1S/C15H19N3O2/c1-12-3-4-14(20-2)13(11-12)15(19)18-9-7-17(6-5-16)8-10-18/h3-4,11H,6-10H2,1-2H3. The highest BCUT2D eigenvalue weighted by atomic mass is 16.5. The average Bonchev–Trinajstić information content (AvgIpc) is 2.47. The number of carbonyl (C=O) groups excluding carboxylic acids is 1. The first-order valence-electron chi connectivity index (χ1n) is 6.69. The molecule has 0 spiro atoms. The Balaban J connectivity index is 2.09. The van der Waals surface area contributed by atoms with E-state index < -0.39 is 0 Å². The van der Waals surface area contributed by atoms with Gasteiger partial charge in [-0.15, -0.1) is 0 Å². The minimum absolute atomic E-state index is 0.00200. The van der Waals surface area contributed by atoms with E-state index in [9.17, 15) is 4.79 Å². The summed E-state index contributed by atoms with van der Waals surface area (Å²) in [6, 6.07) is 7.76. The zero-order valence-corrected chi connectivity index (χ0v) is 11.9. The number of benzene rings is 1. The first-order valence-corrected chi connectivity index (χ1v) is 6.69. The Morgan fingerprint density at radius 3 is 2.65 bits per heavy atom. The molecule has 0 radical (unpaired) electrons. The summed E-state index contributed by atoms with van der Waals surface area (Å²) in [7, 11) is 1.58. The molecule has 1 heterocycles. The monoisotopic (exact) mass is 273 g/mol. The van der Waals surface area contributed by atoms with Crippen molar-refractivity contribution in [3.8, 4) is 11.8 Å². The second-order valence-electron chi connectivity index (χ2n) is 4.93. The second kappa shape index (κ2) is 6.40. The molecule has 0 unspecified atom stereocenters. The third-order valence-corrected chi connectivity index (χ3v) is 3.54. The summed E-state index contributed by atoms with van der Waals surface area (Å²) in [4.78, 5) is 16.4. The van der Waals surface area contributed by atoms with Gasteiger partial charge in [0.25, 0.3) is 5.91 Å². The topological polar surface area (TPSA) is 56.6 Å². The lowest BCUT2D eigenvalue weighted by Crippen LogP contribution is -2.48. The highest BCUT2D eigenvalue weighted by molar-refractivity contribution is 5.97. The Labute approximate surface area is 119 Å². The molecule has 106 valence electrons. The average molecular weight is 273 g/mol. The van der Waals surface area contributed by atoms with Crippen molar-refractivity contribution in [2.24, 2.45) is 0 Å². The molecule has 1 aromatic rings. The maximum Gasteiger partial charge on any atom is 0.257 e. The summed E-state index contributed by atoms with van der Waals surface area (Å²) < 4.78 is 5.27. The zero-order chi connectivity index (χ0) is 14.5. The van der Waals surface area contributed by atoms with E-state index in [0.717, 1.165) is 18.7 Å². The van der Waals surface area contributed by atoms with E-state index in [1.54, 1.807) is 7.11 Å². The molecule has 2 rings (SSSR count). The molecular weight excluding hydrogens is 254 g/mol. The van der Waals surface area contributed by atoms with Crippen molar-refractivity contribution >= 4 is 5.91 Å². The molecule has 1 aliphatic heterocycles. The van der Waals surface area contributed by atoms with Crippen molar-refractivity contribution in [2.75, 3.05) is 39.8 Å². The Bertz CT molecular complexity index is 528. The maximum absolute atomic E-state index is 12.6. The molecule has 20 heavy (non-hydrogen) atoms. The van der Waals surface area contributed by atoms with Gasteiger partial charge >= 0.3 is 0 Å². The van der Waals surface area contributed by atoms with Crippen molar-refractivity contribution in [1.82, 2.24) is 9.80 Å². The van der Waals surface area contributed by atoms with Crippen LogP contribution in [0.15, 0.2) is 18.2 Å². The molecular formula is C15H19N3O2. The van der Waals surface area contributed by atoms with E-state index in [1.165, 1.54) is 0 Å². The van der Waals surface area contributed by atoms with Crippen molar-refractivity contribution in [1.29, 1.82) is 5.26 Å². The normalized spacial score (nSPS) is 15.8. The predicted molar refractivity (Wildman–Crippen MR) is 75.7 cm³/mol. The number of hydrogen-bond acceptors (Lipinski definition) is 4. The van der Waals surface area contributed by atoms with Gasteiger partial charge in [0.2, 0.25) is 0 Å². The minimum Gasteiger partial charge on any atom is -0.496 e. The van der Waals surface area contributed by atoms with Crippen LogP contribution in [-0.2, 0) is 0 Å². The van der Waals surface area contributed by atoms with Crippen molar-refractivity contribution in [3.05, 3.63) is 29.3 Å². The van der Waals surface area contributed by atoms with E-state index in [1.807, 2.05) is 30.0 Å². The molecule has 5 nitrogen and oxygen atoms in total. The van der Waals surface area contributed by atoms with Crippen LogP contribution in [0.2, 0.25) is 0 Å². The number of nitriles is 1. The van der Waals surface area contributed by atoms with Gasteiger partial charge in [-0.25, -0.2) is 0 Å². The molecule has 0 bridgehead atoms. The Kier molecular flexibility index (Phi) is 4.59. The minimum atomic E-state index is 0.00200. The highest BCUT2D eigenvalue weighted by Gasteiger charge is 2.24. The van der Waals surface area contributed by atoms with Gasteiger partial charge in [0, 0.05) is 26.2 Å². The van der Waals surface area contributed by atoms with Gasteiger partial charge in [-0.3, -0.25) is 9.69 Å². The molecule has 1 saturated heterocycles. The molecule has 5 heteroatoms. The van der Waals surface area contributed by atoms with E-state index in [-0.39, 0.29) is 5.91 Å². The van der Waals surface area contributed by atoms with E-state index in [0.29, 0.717) is 30.9 Å². The van der Waals surface area contributed by atoms with Crippen molar-refractivity contribution < 1.29 is 9.53 Å². The molecule has 1 aliphatic rings. The lowest BCUT2D eigenvalue weighted by Gasteiger charge is -2.33. The van der Waals surface area contributed by atoms with Crippen LogP contribution in [0.3, 0.4) is 0 Å². The van der Waals surface area contributed by atoms with Gasteiger partial charge in [-0.1, -0.05) is 11.6 Å². The summed E-state index contributed by atoms with van der Waals surface area (Å²) in [5.41, 5.74) is 1.65. The molecule has 1 fully saturated rings.